The Kier molecular flexibility index (Phi) is 4.63. The highest BCUT2D eigenvalue weighted by molar-refractivity contribution is 9.11. The van der Waals surface area contributed by atoms with Crippen LogP contribution in [0.4, 0.5) is 0 Å². The van der Waals surface area contributed by atoms with Crippen molar-refractivity contribution >= 4 is 31.9 Å². The van der Waals surface area contributed by atoms with Gasteiger partial charge in [-0.2, -0.15) is 0 Å². The standard InChI is InChI=1S/C15H15Br2NO/c1-10(2)12-5-3-11(4-6-12)8-18-9-13(16)7-14(17)15(18)19/h3-7,9-10H,8H2,1-2H3. The molecule has 0 aliphatic rings. The zero-order chi connectivity index (χ0) is 14.0. The van der Waals surface area contributed by atoms with E-state index in [9.17, 15) is 4.79 Å². The Morgan fingerprint density at radius 1 is 1.16 bits per heavy atom. The second-order valence-electron chi connectivity index (χ2n) is 4.84. The molecule has 0 atom stereocenters. The summed E-state index contributed by atoms with van der Waals surface area (Å²) in [4.78, 5) is 12.0. The largest absolute Gasteiger partial charge is 0.309 e. The van der Waals surface area contributed by atoms with E-state index in [0.717, 1.165) is 10.0 Å². The van der Waals surface area contributed by atoms with E-state index >= 15 is 0 Å². The Hall–Kier alpha value is -0.870. The molecule has 19 heavy (non-hydrogen) atoms. The molecular weight excluding hydrogens is 370 g/mol. The summed E-state index contributed by atoms with van der Waals surface area (Å²) in [6.45, 7) is 4.92. The highest BCUT2D eigenvalue weighted by Crippen LogP contribution is 2.16. The molecule has 0 fully saturated rings. The van der Waals surface area contributed by atoms with Crippen molar-refractivity contribution in [1.82, 2.24) is 4.57 Å². The van der Waals surface area contributed by atoms with Crippen LogP contribution in [0.15, 0.2) is 50.3 Å². The van der Waals surface area contributed by atoms with E-state index in [-0.39, 0.29) is 5.56 Å². The maximum Gasteiger partial charge on any atom is 0.265 e. The SMILES string of the molecule is CC(C)c1ccc(Cn2cc(Br)cc(Br)c2=O)cc1. The highest BCUT2D eigenvalue weighted by atomic mass is 79.9. The van der Waals surface area contributed by atoms with Gasteiger partial charge in [-0.3, -0.25) is 4.79 Å². The first kappa shape index (κ1) is 14.5. The van der Waals surface area contributed by atoms with E-state index in [1.807, 2.05) is 6.20 Å². The van der Waals surface area contributed by atoms with Gasteiger partial charge in [0.15, 0.2) is 0 Å². The Bertz CT molecular complexity index is 630. The molecule has 1 aromatic heterocycles. The maximum atomic E-state index is 12.0. The molecular formula is C15H15Br2NO. The van der Waals surface area contributed by atoms with E-state index in [0.29, 0.717) is 16.9 Å². The van der Waals surface area contributed by atoms with Gasteiger partial charge >= 0.3 is 0 Å². The third-order valence-corrected chi connectivity index (χ3v) is 4.01. The third kappa shape index (κ3) is 3.57. The number of hydrogen-bond acceptors (Lipinski definition) is 1. The van der Waals surface area contributed by atoms with Crippen LogP contribution in [0.2, 0.25) is 0 Å². The summed E-state index contributed by atoms with van der Waals surface area (Å²) in [5.74, 6) is 0.525. The summed E-state index contributed by atoms with van der Waals surface area (Å²) in [5, 5.41) is 0. The molecule has 0 radical (unpaired) electrons. The van der Waals surface area contributed by atoms with Gasteiger partial charge in [-0.1, -0.05) is 38.1 Å². The molecule has 2 nitrogen and oxygen atoms in total. The number of hydrogen-bond donors (Lipinski definition) is 0. The van der Waals surface area contributed by atoms with Gasteiger partial charge in [-0.15, -0.1) is 0 Å². The molecule has 0 saturated heterocycles. The molecule has 0 amide bonds. The molecule has 0 saturated carbocycles. The second kappa shape index (κ2) is 6.06. The Balaban J connectivity index is 2.29. The zero-order valence-corrected chi connectivity index (χ0v) is 14.0. The minimum absolute atomic E-state index is 0.0175. The van der Waals surface area contributed by atoms with Crippen molar-refractivity contribution in [3.8, 4) is 0 Å². The van der Waals surface area contributed by atoms with Crippen molar-refractivity contribution in [2.24, 2.45) is 0 Å². The quantitative estimate of drug-likeness (QED) is 0.761. The lowest BCUT2D eigenvalue weighted by Gasteiger charge is -2.09. The van der Waals surface area contributed by atoms with Crippen molar-refractivity contribution in [2.45, 2.75) is 26.3 Å². The van der Waals surface area contributed by atoms with Crippen LogP contribution in [0.3, 0.4) is 0 Å². The van der Waals surface area contributed by atoms with Gasteiger partial charge in [0.05, 0.1) is 11.0 Å². The van der Waals surface area contributed by atoms with Gasteiger partial charge in [0.2, 0.25) is 0 Å². The number of rotatable bonds is 3. The Labute approximate surface area is 129 Å². The molecule has 100 valence electrons. The molecule has 0 bridgehead atoms. The Morgan fingerprint density at radius 2 is 1.79 bits per heavy atom. The first-order valence-electron chi connectivity index (χ1n) is 6.11. The number of aromatic nitrogens is 1. The number of halogens is 2. The van der Waals surface area contributed by atoms with Crippen LogP contribution in [0.5, 0.6) is 0 Å². The minimum atomic E-state index is -0.0175. The van der Waals surface area contributed by atoms with Crippen molar-refractivity contribution < 1.29 is 0 Å². The molecule has 1 aromatic carbocycles. The lowest BCUT2D eigenvalue weighted by molar-refractivity contribution is 0.750. The summed E-state index contributed by atoms with van der Waals surface area (Å²) in [5.41, 5.74) is 2.42. The van der Waals surface area contributed by atoms with Crippen LogP contribution in [-0.4, -0.2) is 4.57 Å². The van der Waals surface area contributed by atoms with Gasteiger partial charge in [0, 0.05) is 10.7 Å². The van der Waals surface area contributed by atoms with E-state index in [1.54, 1.807) is 10.6 Å². The molecule has 0 unspecified atom stereocenters. The lowest BCUT2D eigenvalue weighted by atomic mass is 10.0. The van der Waals surface area contributed by atoms with Crippen molar-refractivity contribution in [3.63, 3.8) is 0 Å². The van der Waals surface area contributed by atoms with E-state index in [1.165, 1.54) is 5.56 Å². The fourth-order valence-electron chi connectivity index (χ4n) is 1.89. The normalized spacial score (nSPS) is 11.0. The molecule has 0 aliphatic carbocycles. The molecule has 0 spiro atoms. The molecule has 2 rings (SSSR count). The monoisotopic (exact) mass is 383 g/mol. The predicted octanol–water partition coefficient (Wildman–Crippen LogP) is 4.55. The van der Waals surface area contributed by atoms with Crippen molar-refractivity contribution in [2.75, 3.05) is 0 Å². The van der Waals surface area contributed by atoms with Gasteiger partial charge < -0.3 is 4.57 Å². The fraction of sp³-hybridized carbons (Fsp3) is 0.267. The van der Waals surface area contributed by atoms with Crippen LogP contribution in [0, 0.1) is 0 Å². The summed E-state index contributed by atoms with van der Waals surface area (Å²) in [7, 11) is 0. The first-order valence-corrected chi connectivity index (χ1v) is 7.70. The lowest BCUT2D eigenvalue weighted by Crippen LogP contribution is -2.20. The second-order valence-corrected chi connectivity index (χ2v) is 6.61. The first-order chi connectivity index (χ1) is 8.97. The zero-order valence-electron chi connectivity index (χ0n) is 10.9. The summed E-state index contributed by atoms with van der Waals surface area (Å²) in [6.07, 6.45) is 1.81. The predicted molar refractivity (Wildman–Crippen MR) is 85.7 cm³/mol. The van der Waals surface area contributed by atoms with Crippen LogP contribution < -0.4 is 5.56 Å². The van der Waals surface area contributed by atoms with Gasteiger partial charge in [0.25, 0.3) is 5.56 Å². The molecule has 0 aliphatic heterocycles. The van der Waals surface area contributed by atoms with Crippen molar-refractivity contribution in [3.05, 3.63) is 67.0 Å². The number of pyridine rings is 1. The summed E-state index contributed by atoms with van der Waals surface area (Å²) >= 11 is 6.68. The average molecular weight is 385 g/mol. The summed E-state index contributed by atoms with van der Waals surface area (Å²) in [6, 6.07) is 10.2. The van der Waals surface area contributed by atoms with Gasteiger partial charge in [-0.05, 0) is 55.0 Å². The topological polar surface area (TPSA) is 22.0 Å². The van der Waals surface area contributed by atoms with E-state index < -0.39 is 0 Å². The smallest absolute Gasteiger partial charge is 0.265 e. The number of benzene rings is 1. The van der Waals surface area contributed by atoms with Crippen molar-refractivity contribution in [1.29, 1.82) is 0 Å². The van der Waals surface area contributed by atoms with Crippen LogP contribution >= 0.6 is 31.9 Å². The van der Waals surface area contributed by atoms with Crippen LogP contribution in [0.1, 0.15) is 30.9 Å². The minimum Gasteiger partial charge on any atom is -0.309 e. The summed E-state index contributed by atoms with van der Waals surface area (Å²) < 4.78 is 3.15. The maximum absolute atomic E-state index is 12.0. The van der Waals surface area contributed by atoms with E-state index in [2.05, 4.69) is 70.0 Å². The van der Waals surface area contributed by atoms with Gasteiger partial charge in [-0.25, -0.2) is 0 Å². The third-order valence-electron chi connectivity index (χ3n) is 3.01. The molecule has 4 heteroatoms. The van der Waals surface area contributed by atoms with Crippen LogP contribution in [0.25, 0.3) is 0 Å². The fourth-order valence-corrected chi connectivity index (χ4v) is 3.14. The average Bonchev–Trinajstić information content (AvgIpc) is 2.36. The Morgan fingerprint density at radius 3 is 2.37 bits per heavy atom. The van der Waals surface area contributed by atoms with Crippen LogP contribution in [-0.2, 0) is 6.54 Å². The number of nitrogens with zero attached hydrogens (tertiary/aromatic N) is 1. The molecule has 2 aromatic rings. The molecule has 0 N–H and O–H groups in total. The molecule has 1 heterocycles. The highest BCUT2D eigenvalue weighted by Gasteiger charge is 2.05. The van der Waals surface area contributed by atoms with Gasteiger partial charge in [0.1, 0.15) is 0 Å². The van der Waals surface area contributed by atoms with E-state index in [4.69, 9.17) is 0 Å².